The minimum atomic E-state index is 0.476. The molecule has 1 aromatic carbocycles. The molecular weight excluding hydrogens is 308 g/mol. The summed E-state index contributed by atoms with van der Waals surface area (Å²) in [5.74, 6) is 1.14. The van der Waals surface area contributed by atoms with Gasteiger partial charge in [0.05, 0.1) is 6.21 Å². The summed E-state index contributed by atoms with van der Waals surface area (Å²) in [6.07, 6.45) is 1.61. The minimum absolute atomic E-state index is 0.476. The highest BCUT2D eigenvalue weighted by Crippen LogP contribution is 2.28. The fraction of sp³-hybridized carbons (Fsp3) is 0.118. The van der Waals surface area contributed by atoms with E-state index in [9.17, 15) is 0 Å². The molecule has 2 aromatic heterocycles. The van der Waals surface area contributed by atoms with Gasteiger partial charge in [0.1, 0.15) is 5.76 Å². The summed E-state index contributed by atoms with van der Waals surface area (Å²) in [6.45, 7) is 3.84. The lowest BCUT2D eigenvalue weighted by atomic mass is 10.4. The van der Waals surface area contributed by atoms with E-state index in [1.54, 1.807) is 18.0 Å². The van der Waals surface area contributed by atoms with Crippen LogP contribution in [0.4, 0.5) is 5.95 Å². The van der Waals surface area contributed by atoms with E-state index in [2.05, 4.69) is 20.5 Å². The summed E-state index contributed by atoms with van der Waals surface area (Å²) in [5.41, 5.74) is 4.61. The van der Waals surface area contributed by atoms with Gasteiger partial charge < -0.3 is 4.42 Å². The fourth-order valence-corrected chi connectivity index (χ4v) is 2.79. The smallest absolute Gasteiger partial charge is 0.243 e. The molecule has 0 saturated carbocycles. The van der Waals surface area contributed by atoms with Crippen LogP contribution in [0.15, 0.2) is 68.0 Å². The highest BCUT2D eigenvalue weighted by Gasteiger charge is 2.02. The number of benzene rings is 1. The summed E-state index contributed by atoms with van der Waals surface area (Å²) < 4.78 is 5.71. The third-order valence-corrected chi connectivity index (χ3v) is 3.83. The molecule has 116 valence electrons. The van der Waals surface area contributed by atoms with Gasteiger partial charge in [-0.3, -0.25) is 0 Å². The second kappa shape index (κ2) is 7.11. The van der Waals surface area contributed by atoms with Gasteiger partial charge in [-0.05, 0) is 44.2 Å². The van der Waals surface area contributed by atoms with Gasteiger partial charge in [0.25, 0.3) is 0 Å². The van der Waals surface area contributed by atoms with Gasteiger partial charge in [0.2, 0.25) is 5.95 Å². The molecule has 23 heavy (non-hydrogen) atoms. The van der Waals surface area contributed by atoms with Crippen molar-refractivity contribution >= 4 is 23.9 Å². The number of anilines is 1. The zero-order chi connectivity index (χ0) is 16.1. The largest absolute Gasteiger partial charge is 0.448 e. The molecule has 0 atom stereocenters. The molecule has 1 N–H and O–H groups in total. The zero-order valence-electron chi connectivity index (χ0n) is 12.9. The van der Waals surface area contributed by atoms with Gasteiger partial charge in [-0.15, -0.1) is 0 Å². The summed E-state index contributed by atoms with van der Waals surface area (Å²) >= 11 is 1.57. The van der Waals surface area contributed by atoms with Crippen LogP contribution in [0.5, 0.6) is 0 Å². The summed E-state index contributed by atoms with van der Waals surface area (Å²) in [6, 6.07) is 15.8. The molecule has 6 heteroatoms. The Morgan fingerprint density at radius 1 is 1.04 bits per heavy atom. The molecule has 0 fully saturated rings. The van der Waals surface area contributed by atoms with Crippen LogP contribution in [0, 0.1) is 13.8 Å². The lowest BCUT2D eigenvalue weighted by molar-refractivity contribution is 0.469. The molecule has 2 heterocycles. The number of nitrogens with zero attached hydrogens (tertiary/aromatic N) is 3. The van der Waals surface area contributed by atoms with Crippen LogP contribution in [0.25, 0.3) is 0 Å². The van der Waals surface area contributed by atoms with Crippen molar-refractivity contribution < 1.29 is 4.42 Å². The van der Waals surface area contributed by atoms with E-state index in [0.29, 0.717) is 11.7 Å². The lowest BCUT2D eigenvalue weighted by Gasteiger charge is -2.00. The van der Waals surface area contributed by atoms with E-state index < -0.39 is 0 Å². The number of aromatic nitrogens is 2. The van der Waals surface area contributed by atoms with Gasteiger partial charge >= 0.3 is 0 Å². The van der Waals surface area contributed by atoms with Gasteiger partial charge in [0.15, 0.2) is 5.09 Å². The quantitative estimate of drug-likeness (QED) is 0.560. The van der Waals surface area contributed by atoms with Crippen molar-refractivity contribution in [3.05, 3.63) is 65.7 Å². The van der Waals surface area contributed by atoms with E-state index in [1.807, 2.05) is 62.4 Å². The van der Waals surface area contributed by atoms with Crippen LogP contribution in [-0.4, -0.2) is 16.2 Å². The Labute approximate surface area is 138 Å². The van der Waals surface area contributed by atoms with Crippen molar-refractivity contribution in [3.63, 3.8) is 0 Å². The Kier molecular flexibility index (Phi) is 4.73. The number of hydrogen-bond donors (Lipinski definition) is 1. The maximum Gasteiger partial charge on any atom is 0.243 e. The molecule has 3 rings (SSSR count). The van der Waals surface area contributed by atoms with Gasteiger partial charge in [0, 0.05) is 16.3 Å². The molecule has 0 bridgehead atoms. The van der Waals surface area contributed by atoms with E-state index in [-0.39, 0.29) is 0 Å². The van der Waals surface area contributed by atoms with Crippen molar-refractivity contribution in [2.45, 2.75) is 23.8 Å². The van der Waals surface area contributed by atoms with Crippen molar-refractivity contribution in [3.8, 4) is 0 Å². The SMILES string of the molecule is Cc1cc(C)nc(N/N=C/c2ccc(Sc3ccccc3)o2)n1. The predicted molar refractivity (Wildman–Crippen MR) is 92.0 cm³/mol. The summed E-state index contributed by atoms with van der Waals surface area (Å²) in [4.78, 5) is 9.64. The Bertz CT molecular complexity index is 794. The number of nitrogens with one attached hydrogen (secondary N) is 1. The molecular formula is C17H16N4OS. The maximum absolute atomic E-state index is 5.71. The van der Waals surface area contributed by atoms with E-state index >= 15 is 0 Å². The Morgan fingerprint density at radius 2 is 1.78 bits per heavy atom. The first-order valence-corrected chi connectivity index (χ1v) is 7.95. The molecule has 0 aliphatic heterocycles. The van der Waals surface area contributed by atoms with Crippen molar-refractivity contribution in [1.82, 2.24) is 9.97 Å². The number of aryl methyl sites for hydroxylation is 2. The first-order valence-electron chi connectivity index (χ1n) is 7.13. The van der Waals surface area contributed by atoms with Crippen LogP contribution in [0.3, 0.4) is 0 Å². The highest BCUT2D eigenvalue weighted by atomic mass is 32.2. The topological polar surface area (TPSA) is 63.3 Å². The average molecular weight is 324 g/mol. The Balaban J connectivity index is 1.62. The van der Waals surface area contributed by atoms with Crippen molar-refractivity contribution in [1.29, 1.82) is 0 Å². The lowest BCUT2D eigenvalue weighted by Crippen LogP contribution is -1.99. The number of rotatable bonds is 5. The van der Waals surface area contributed by atoms with Gasteiger partial charge in [-0.25, -0.2) is 15.4 Å². The molecule has 0 aliphatic rings. The second-order valence-electron chi connectivity index (χ2n) is 4.92. The van der Waals surface area contributed by atoms with Crippen LogP contribution in [0.2, 0.25) is 0 Å². The number of furan rings is 1. The first kappa shape index (κ1) is 15.3. The van der Waals surface area contributed by atoms with Gasteiger partial charge in [-0.1, -0.05) is 30.0 Å². The van der Waals surface area contributed by atoms with Crippen molar-refractivity contribution in [2.75, 3.05) is 5.43 Å². The summed E-state index contributed by atoms with van der Waals surface area (Å²) in [7, 11) is 0. The third-order valence-electron chi connectivity index (χ3n) is 2.90. The predicted octanol–water partition coefficient (Wildman–Crippen LogP) is 4.28. The minimum Gasteiger partial charge on any atom is -0.448 e. The van der Waals surface area contributed by atoms with Crippen LogP contribution in [-0.2, 0) is 0 Å². The Hall–Kier alpha value is -2.60. The summed E-state index contributed by atoms with van der Waals surface area (Å²) in [5, 5.41) is 4.93. The zero-order valence-corrected chi connectivity index (χ0v) is 13.7. The molecule has 0 saturated heterocycles. The second-order valence-corrected chi connectivity index (χ2v) is 5.99. The van der Waals surface area contributed by atoms with E-state index in [4.69, 9.17) is 4.42 Å². The normalized spacial score (nSPS) is 11.0. The van der Waals surface area contributed by atoms with E-state index in [1.165, 1.54) is 0 Å². The molecule has 5 nitrogen and oxygen atoms in total. The Morgan fingerprint density at radius 3 is 2.52 bits per heavy atom. The van der Waals surface area contributed by atoms with Crippen LogP contribution in [0.1, 0.15) is 17.1 Å². The molecule has 0 radical (unpaired) electrons. The number of hydrazone groups is 1. The van der Waals surface area contributed by atoms with Crippen molar-refractivity contribution in [2.24, 2.45) is 5.10 Å². The molecule has 0 amide bonds. The van der Waals surface area contributed by atoms with Crippen LogP contribution >= 0.6 is 11.8 Å². The molecule has 0 unspecified atom stereocenters. The molecule has 0 spiro atoms. The monoisotopic (exact) mass is 324 g/mol. The average Bonchev–Trinajstić information content (AvgIpc) is 2.95. The first-order chi connectivity index (χ1) is 11.2. The van der Waals surface area contributed by atoms with Gasteiger partial charge in [-0.2, -0.15) is 5.10 Å². The maximum atomic E-state index is 5.71. The molecule has 3 aromatic rings. The highest BCUT2D eigenvalue weighted by molar-refractivity contribution is 7.99. The number of hydrogen-bond acceptors (Lipinski definition) is 6. The molecule has 0 aliphatic carbocycles. The van der Waals surface area contributed by atoms with E-state index in [0.717, 1.165) is 21.4 Å². The standard InChI is InChI=1S/C17H16N4OS/c1-12-10-13(2)20-17(19-12)21-18-11-14-8-9-16(22-14)23-15-6-4-3-5-7-15/h3-11H,1-2H3,(H,19,20,21)/b18-11+. The van der Waals surface area contributed by atoms with Crippen LogP contribution < -0.4 is 5.43 Å². The fourth-order valence-electron chi connectivity index (χ4n) is 1.99. The third kappa shape index (κ3) is 4.43.